The summed E-state index contributed by atoms with van der Waals surface area (Å²) in [6.45, 7) is 0. The van der Waals surface area contributed by atoms with Gasteiger partial charge in [0.2, 0.25) is 0 Å². The number of ketones is 1. The van der Waals surface area contributed by atoms with E-state index in [2.05, 4.69) is 15.2 Å². The number of Topliss-reactive ketones (excluding diaryl/α,β-unsaturated/α-hetero) is 1. The van der Waals surface area contributed by atoms with Crippen molar-refractivity contribution in [1.29, 1.82) is 0 Å². The van der Waals surface area contributed by atoms with Gasteiger partial charge in [-0.25, -0.2) is 4.79 Å². The van der Waals surface area contributed by atoms with Crippen LogP contribution in [-0.4, -0.2) is 53.1 Å². The molecule has 9 heteroatoms. The second-order valence-electron chi connectivity index (χ2n) is 5.38. The van der Waals surface area contributed by atoms with Gasteiger partial charge in [0.05, 0.1) is 12.1 Å². The Balaban J connectivity index is 1.63. The van der Waals surface area contributed by atoms with Crippen molar-refractivity contribution < 1.29 is 23.6 Å². The SMILES string of the molecule is COP(=O)(O)CC(=O)CCCC[C@@H]1SC[C@@H]2NC(=O)N[C@@H]21. The maximum Gasteiger partial charge on any atom is 0.335 e. The molecule has 0 aromatic heterocycles. The van der Waals surface area contributed by atoms with Gasteiger partial charge in [0, 0.05) is 24.5 Å². The van der Waals surface area contributed by atoms with Gasteiger partial charge in [-0.2, -0.15) is 11.8 Å². The zero-order valence-corrected chi connectivity index (χ0v) is 13.6. The lowest BCUT2D eigenvalue weighted by atomic mass is 10.0. The molecule has 0 aromatic carbocycles. The van der Waals surface area contributed by atoms with Crippen LogP contribution in [0.3, 0.4) is 0 Å². The highest BCUT2D eigenvalue weighted by Crippen LogP contribution is 2.40. The monoisotopic (exact) mass is 336 g/mol. The van der Waals surface area contributed by atoms with Crippen LogP contribution in [0.25, 0.3) is 0 Å². The third kappa shape index (κ3) is 4.71. The maximum absolute atomic E-state index is 11.6. The average molecular weight is 336 g/mol. The minimum atomic E-state index is -3.73. The summed E-state index contributed by atoms with van der Waals surface area (Å²) >= 11 is 1.84. The van der Waals surface area contributed by atoms with Gasteiger partial charge in [-0.3, -0.25) is 9.36 Å². The third-order valence-corrected chi connectivity index (χ3v) is 6.63. The van der Waals surface area contributed by atoms with Gasteiger partial charge in [-0.15, -0.1) is 0 Å². The van der Waals surface area contributed by atoms with Crippen LogP contribution in [0, 0.1) is 0 Å². The van der Waals surface area contributed by atoms with Gasteiger partial charge in [0.15, 0.2) is 0 Å². The Bertz CT molecular complexity index is 461. The highest BCUT2D eigenvalue weighted by molar-refractivity contribution is 8.00. The van der Waals surface area contributed by atoms with Crippen molar-refractivity contribution in [2.45, 2.75) is 43.0 Å². The zero-order chi connectivity index (χ0) is 15.5. The van der Waals surface area contributed by atoms with Gasteiger partial charge in [0.25, 0.3) is 0 Å². The fraction of sp³-hybridized carbons (Fsp3) is 0.833. The van der Waals surface area contributed by atoms with E-state index in [4.69, 9.17) is 0 Å². The molecule has 0 saturated carbocycles. The van der Waals surface area contributed by atoms with E-state index < -0.39 is 13.8 Å². The second-order valence-corrected chi connectivity index (χ2v) is 8.61. The number of fused-ring (bicyclic) bond motifs is 1. The van der Waals surface area contributed by atoms with Crippen LogP contribution < -0.4 is 10.6 Å². The normalized spacial score (nSPS) is 30.4. The van der Waals surface area contributed by atoms with Crippen LogP contribution in [0.15, 0.2) is 0 Å². The molecule has 21 heavy (non-hydrogen) atoms. The van der Waals surface area contributed by atoms with Crippen LogP contribution >= 0.6 is 19.4 Å². The van der Waals surface area contributed by atoms with Crippen molar-refractivity contribution in [2.24, 2.45) is 0 Å². The lowest BCUT2D eigenvalue weighted by Crippen LogP contribution is -2.36. The Morgan fingerprint density at radius 3 is 2.95 bits per heavy atom. The van der Waals surface area contributed by atoms with Crippen LogP contribution in [0.2, 0.25) is 0 Å². The number of hydrogen-bond donors (Lipinski definition) is 3. The first-order valence-electron chi connectivity index (χ1n) is 6.99. The molecule has 2 rings (SSSR count). The summed E-state index contributed by atoms with van der Waals surface area (Å²) in [5.74, 6) is 0.685. The molecule has 0 aliphatic carbocycles. The summed E-state index contributed by atoms with van der Waals surface area (Å²) in [7, 11) is -2.60. The smallest absolute Gasteiger partial charge is 0.332 e. The first-order valence-corrected chi connectivity index (χ1v) is 9.80. The molecule has 2 saturated heterocycles. The number of amides is 2. The second kappa shape index (κ2) is 7.13. The number of thioether (sulfide) groups is 1. The van der Waals surface area contributed by atoms with Crippen molar-refractivity contribution in [3.8, 4) is 0 Å². The summed E-state index contributed by atoms with van der Waals surface area (Å²) in [5, 5.41) is 6.20. The molecule has 0 spiro atoms. The molecule has 2 amide bonds. The van der Waals surface area contributed by atoms with E-state index in [9.17, 15) is 19.0 Å². The van der Waals surface area contributed by atoms with Crippen molar-refractivity contribution in [1.82, 2.24) is 10.6 Å². The van der Waals surface area contributed by atoms with Crippen molar-refractivity contribution in [2.75, 3.05) is 19.0 Å². The lowest BCUT2D eigenvalue weighted by Gasteiger charge is -2.16. The number of carbonyl (C=O) groups excluding carboxylic acids is 2. The lowest BCUT2D eigenvalue weighted by molar-refractivity contribution is -0.117. The van der Waals surface area contributed by atoms with Gasteiger partial charge < -0.3 is 20.1 Å². The maximum atomic E-state index is 11.6. The molecule has 0 aromatic rings. The molecule has 0 radical (unpaired) electrons. The number of unbranched alkanes of at least 4 members (excludes halogenated alkanes) is 1. The minimum absolute atomic E-state index is 0.0938. The van der Waals surface area contributed by atoms with Crippen LogP contribution in [0.1, 0.15) is 25.7 Å². The molecule has 1 unspecified atom stereocenters. The molecule has 2 fully saturated rings. The summed E-state index contributed by atoms with van der Waals surface area (Å²) in [6.07, 6.45) is 2.38. The molecular formula is C12H21N2O5PS. The molecule has 0 bridgehead atoms. The van der Waals surface area contributed by atoms with Crippen LogP contribution in [0.4, 0.5) is 4.79 Å². The van der Waals surface area contributed by atoms with Crippen LogP contribution in [-0.2, 0) is 13.9 Å². The fourth-order valence-electron chi connectivity index (χ4n) is 2.68. The zero-order valence-electron chi connectivity index (χ0n) is 11.9. The molecule has 2 aliphatic rings. The van der Waals surface area contributed by atoms with E-state index in [0.29, 0.717) is 18.1 Å². The third-order valence-electron chi connectivity index (χ3n) is 3.79. The summed E-state index contributed by atoms with van der Waals surface area (Å²) in [4.78, 5) is 32.0. The summed E-state index contributed by atoms with van der Waals surface area (Å²) in [6, 6.07) is 0.309. The Kier molecular flexibility index (Phi) is 5.71. The Morgan fingerprint density at radius 2 is 2.24 bits per heavy atom. The summed E-state index contributed by atoms with van der Waals surface area (Å²) in [5.41, 5.74) is 0. The number of hydrogen-bond acceptors (Lipinski definition) is 5. The Hall–Kier alpha value is -0.560. The highest BCUT2D eigenvalue weighted by atomic mass is 32.2. The van der Waals surface area contributed by atoms with E-state index >= 15 is 0 Å². The molecule has 120 valence electrons. The average Bonchev–Trinajstić information content (AvgIpc) is 2.94. The summed E-state index contributed by atoms with van der Waals surface area (Å²) < 4.78 is 15.6. The van der Waals surface area contributed by atoms with Gasteiger partial charge in [0.1, 0.15) is 11.9 Å². The Labute approximate surface area is 128 Å². The van der Waals surface area contributed by atoms with Crippen LogP contribution in [0.5, 0.6) is 0 Å². The molecule has 3 N–H and O–H groups in total. The molecule has 2 heterocycles. The predicted octanol–water partition coefficient (Wildman–Crippen LogP) is 1.11. The number of carbonyl (C=O) groups is 2. The van der Waals surface area contributed by atoms with Crippen molar-refractivity contribution in [3.05, 3.63) is 0 Å². The van der Waals surface area contributed by atoms with E-state index in [1.165, 1.54) is 0 Å². The minimum Gasteiger partial charge on any atom is -0.332 e. The van der Waals surface area contributed by atoms with E-state index in [1.54, 1.807) is 0 Å². The van der Waals surface area contributed by atoms with E-state index in [0.717, 1.165) is 25.7 Å². The van der Waals surface area contributed by atoms with E-state index in [-0.39, 0.29) is 23.9 Å². The van der Waals surface area contributed by atoms with Gasteiger partial charge in [-0.1, -0.05) is 6.42 Å². The Morgan fingerprint density at radius 1 is 1.48 bits per heavy atom. The largest absolute Gasteiger partial charge is 0.335 e. The first-order chi connectivity index (χ1) is 9.91. The number of nitrogens with one attached hydrogen (secondary N) is 2. The number of urea groups is 1. The van der Waals surface area contributed by atoms with E-state index in [1.807, 2.05) is 11.8 Å². The molecule has 7 nitrogen and oxygen atoms in total. The molecule has 4 atom stereocenters. The molecule has 2 aliphatic heterocycles. The van der Waals surface area contributed by atoms with Crippen molar-refractivity contribution >= 4 is 31.2 Å². The number of rotatable bonds is 8. The quantitative estimate of drug-likeness (QED) is 0.348. The highest BCUT2D eigenvalue weighted by Gasteiger charge is 2.42. The van der Waals surface area contributed by atoms with Gasteiger partial charge >= 0.3 is 13.6 Å². The fourth-order valence-corrected chi connectivity index (χ4v) is 4.95. The predicted molar refractivity (Wildman–Crippen MR) is 80.7 cm³/mol. The topological polar surface area (TPSA) is 105 Å². The molecular weight excluding hydrogens is 315 g/mol. The first kappa shape index (κ1) is 16.8. The van der Waals surface area contributed by atoms with Gasteiger partial charge in [-0.05, 0) is 12.8 Å². The standard InChI is InChI=1S/C12H21N2O5PS/c1-19-20(17,18)6-8(15)4-2-3-5-10-11-9(7-21-10)13-12(16)14-11/h9-11H,2-7H2,1H3,(H,17,18)(H2,13,14,16)/t9-,10-,11-/m0/s1. The van der Waals surface area contributed by atoms with Crippen molar-refractivity contribution in [3.63, 3.8) is 0 Å².